The van der Waals surface area contributed by atoms with E-state index in [2.05, 4.69) is 9.72 Å². The average molecular weight is 336 g/mol. The molecule has 118 valence electrons. The summed E-state index contributed by atoms with van der Waals surface area (Å²) in [5.74, 6) is -1.07. The van der Waals surface area contributed by atoms with Crippen molar-refractivity contribution >= 4 is 28.5 Å². The average Bonchev–Trinajstić information content (AvgIpc) is 2.62. The second-order valence-corrected chi connectivity index (χ2v) is 6.03. The summed E-state index contributed by atoms with van der Waals surface area (Å²) < 4.78 is 4.59. The predicted octanol–water partition coefficient (Wildman–Crippen LogP) is 3.75. The molecule has 0 unspecified atom stereocenters. The van der Waals surface area contributed by atoms with Gasteiger partial charge in [0.15, 0.2) is 11.4 Å². The van der Waals surface area contributed by atoms with E-state index in [0.29, 0.717) is 10.8 Å². The Hall–Kier alpha value is -3.04. The molecule has 1 heterocycles. The minimum atomic E-state index is -0.784. The highest BCUT2D eigenvalue weighted by Crippen LogP contribution is 2.35. The van der Waals surface area contributed by atoms with Crippen molar-refractivity contribution in [2.45, 2.75) is 9.79 Å². The molecular formula is C18H12N2O3S. The van der Waals surface area contributed by atoms with Crippen molar-refractivity contribution in [3.8, 4) is 11.8 Å². The van der Waals surface area contributed by atoms with Gasteiger partial charge in [-0.1, -0.05) is 30.0 Å². The van der Waals surface area contributed by atoms with E-state index in [4.69, 9.17) is 0 Å². The van der Waals surface area contributed by atoms with Gasteiger partial charge in [0.1, 0.15) is 11.8 Å². The summed E-state index contributed by atoms with van der Waals surface area (Å²) >= 11 is 1.53. The largest absolute Gasteiger partial charge is 0.505 e. The van der Waals surface area contributed by atoms with Gasteiger partial charge < -0.3 is 9.84 Å². The Balaban J connectivity index is 2.13. The molecule has 1 aromatic heterocycles. The van der Waals surface area contributed by atoms with Gasteiger partial charge >= 0.3 is 5.97 Å². The Morgan fingerprint density at radius 2 is 1.92 bits per heavy atom. The van der Waals surface area contributed by atoms with Gasteiger partial charge in [-0.25, -0.2) is 9.78 Å². The number of nitrogens with zero attached hydrogens (tertiary/aromatic N) is 2. The van der Waals surface area contributed by atoms with Gasteiger partial charge in [-0.05, 0) is 30.3 Å². The van der Waals surface area contributed by atoms with Gasteiger partial charge in [0.25, 0.3) is 0 Å². The zero-order valence-electron chi connectivity index (χ0n) is 12.7. The number of ether oxygens (including phenoxy) is 1. The molecule has 0 amide bonds. The van der Waals surface area contributed by atoms with E-state index in [1.807, 2.05) is 42.5 Å². The number of hydrogen-bond donors (Lipinski definition) is 1. The number of carbonyl (C=O) groups is 1. The first kappa shape index (κ1) is 15.8. The van der Waals surface area contributed by atoms with Gasteiger partial charge in [0.05, 0.1) is 7.11 Å². The topological polar surface area (TPSA) is 83.2 Å². The zero-order chi connectivity index (χ0) is 17.1. The van der Waals surface area contributed by atoms with Crippen molar-refractivity contribution in [2.24, 2.45) is 0 Å². The van der Waals surface area contributed by atoms with Crippen LogP contribution in [0.3, 0.4) is 0 Å². The minimum absolute atomic E-state index is 0.0683. The van der Waals surface area contributed by atoms with Crippen LogP contribution in [0.2, 0.25) is 0 Å². The first-order valence-corrected chi connectivity index (χ1v) is 7.83. The number of methoxy groups -OCH3 is 1. The van der Waals surface area contributed by atoms with Crippen molar-refractivity contribution in [3.63, 3.8) is 0 Å². The van der Waals surface area contributed by atoms with Crippen molar-refractivity contribution in [1.82, 2.24) is 4.98 Å². The summed E-state index contributed by atoms with van der Waals surface area (Å²) in [7, 11) is 1.19. The van der Waals surface area contributed by atoms with E-state index >= 15 is 0 Å². The van der Waals surface area contributed by atoms with Crippen LogP contribution in [0, 0.1) is 11.3 Å². The first-order chi connectivity index (χ1) is 11.6. The van der Waals surface area contributed by atoms with Crippen molar-refractivity contribution in [1.29, 1.82) is 5.26 Å². The molecule has 5 nitrogen and oxygen atoms in total. The molecule has 0 saturated heterocycles. The van der Waals surface area contributed by atoms with Crippen molar-refractivity contribution in [2.75, 3.05) is 7.11 Å². The van der Waals surface area contributed by atoms with Crippen LogP contribution in [-0.4, -0.2) is 23.2 Å². The predicted molar refractivity (Wildman–Crippen MR) is 90.0 cm³/mol. The number of pyridine rings is 1. The van der Waals surface area contributed by atoms with Crippen LogP contribution in [0.25, 0.3) is 10.8 Å². The third kappa shape index (κ3) is 2.90. The molecule has 3 aromatic rings. The normalized spacial score (nSPS) is 10.3. The maximum Gasteiger partial charge on any atom is 0.360 e. The fourth-order valence-electron chi connectivity index (χ4n) is 2.29. The van der Waals surface area contributed by atoms with E-state index in [1.165, 1.54) is 18.9 Å². The molecular weight excluding hydrogens is 324 g/mol. The van der Waals surface area contributed by atoms with E-state index in [1.54, 1.807) is 12.1 Å². The molecule has 6 heteroatoms. The highest BCUT2D eigenvalue weighted by Gasteiger charge is 2.20. The molecule has 0 atom stereocenters. The van der Waals surface area contributed by atoms with Gasteiger partial charge in [0, 0.05) is 20.6 Å². The summed E-state index contributed by atoms with van der Waals surface area (Å²) in [6, 6.07) is 17.0. The number of aromatic hydroxyl groups is 1. The second-order valence-electron chi connectivity index (χ2n) is 4.88. The molecule has 2 aromatic carbocycles. The van der Waals surface area contributed by atoms with E-state index in [9.17, 15) is 15.2 Å². The number of hydrogen-bond acceptors (Lipinski definition) is 6. The maximum atomic E-state index is 11.7. The lowest BCUT2D eigenvalue weighted by atomic mass is 10.1. The highest BCUT2D eigenvalue weighted by atomic mass is 32.2. The fourth-order valence-corrected chi connectivity index (χ4v) is 3.17. The monoisotopic (exact) mass is 336 g/mol. The lowest BCUT2D eigenvalue weighted by molar-refractivity contribution is 0.0590. The highest BCUT2D eigenvalue weighted by molar-refractivity contribution is 7.99. The Morgan fingerprint density at radius 3 is 2.58 bits per heavy atom. The molecule has 0 aliphatic carbocycles. The number of rotatable bonds is 3. The van der Waals surface area contributed by atoms with Crippen LogP contribution in [0.1, 0.15) is 16.2 Å². The third-order valence-corrected chi connectivity index (χ3v) is 4.41. The molecule has 0 saturated carbocycles. The summed E-state index contributed by atoms with van der Waals surface area (Å²) in [5, 5.41) is 20.5. The summed E-state index contributed by atoms with van der Waals surface area (Å²) in [5.41, 5.74) is -0.191. The van der Waals surface area contributed by atoms with E-state index < -0.39 is 5.97 Å². The molecule has 24 heavy (non-hydrogen) atoms. The van der Waals surface area contributed by atoms with Gasteiger partial charge in [-0.15, -0.1) is 0 Å². The van der Waals surface area contributed by atoms with Crippen LogP contribution in [0.15, 0.2) is 58.3 Å². The van der Waals surface area contributed by atoms with E-state index in [0.717, 1.165) is 9.79 Å². The standard InChI is InChI=1S/C18H12N2O3S/c1-23-18(22)16-17(21)13-8-7-12(9-14(13)15(10-19)20-16)24-11-5-3-2-4-6-11/h2-9,21H,1H3. The Morgan fingerprint density at radius 1 is 1.17 bits per heavy atom. The molecule has 1 N–H and O–H groups in total. The maximum absolute atomic E-state index is 11.7. The number of aromatic nitrogens is 1. The Kier molecular flexibility index (Phi) is 4.36. The minimum Gasteiger partial charge on any atom is -0.505 e. The number of carbonyl (C=O) groups excluding carboxylic acids is 1. The SMILES string of the molecule is COC(=O)c1nc(C#N)c2cc(Sc3ccccc3)ccc2c1O. The quantitative estimate of drug-likeness (QED) is 0.733. The summed E-state index contributed by atoms with van der Waals surface area (Å²) in [4.78, 5) is 17.6. The number of fused-ring (bicyclic) bond motifs is 1. The van der Waals surface area contributed by atoms with Crippen LogP contribution >= 0.6 is 11.8 Å². The van der Waals surface area contributed by atoms with Crippen molar-refractivity contribution in [3.05, 3.63) is 59.9 Å². The first-order valence-electron chi connectivity index (χ1n) is 7.02. The van der Waals surface area contributed by atoms with Crippen LogP contribution < -0.4 is 0 Å². The second kappa shape index (κ2) is 6.60. The van der Waals surface area contributed by atoms with Gasteiger partial charge in [-0.3, -0.25) is 0 Å². The lowest BCUT2D eigenvalue weighted by Gasteiger charge is -2.09. The number of nitriles is 1. The number of esters is 1. The molecule has 0 bridgehead atoms. The smallest absolute Gasteiger partial charge is 0.360 e. The van der Waals surface area contributed by atoms with Gasteiger partial charge in [0.2, 0.25) is 0 Å². The van der Waals surface area contributed by atoms with Gasteiger partial charge in [-0.2, -0.15) is 5.26 Å². The zero-order valence-corrected chi connectivity index (χ0v) is 13.5. The molecule has 0 aliphatic rings. The van der Waals surface area contributed by atoms with Crippen LogP contribution in [0.5, 0.6) is 5.75 Å². The molecule has 0 aliphatic heterocycles. The van der Waals surface area contributed by atoms with Crippen LogP contribution in [0.4, 0.5) is 0 Å². The Bertz CT molecular complexity index is 965. The fraction of sp³-hybridized carbons (Fsp3) is 0.0556. The molecule has 0 radical (unpaired) electrons. The molecule has 0 spiro atoms. The summed E-state index contributed by atoms with van der Waals surface area (Å²) in [6.07, 6.45) is 0. The van der Waals surface area contributed by atoms with E-state index in [-0.39, 0.29) is 17.1 Å². The lowest BCUT2D eigenvalue weighted by Crippen LogP contribution is -2.06. The van der Waals surface area contributed by atoms with Crippen LogP contribution in [-0.2, 0) is 4.74 Å². The molecule has 0 fully saturated rings. The third-order valence-electron chi connectivity index (χ3n) is 3.41. The summed E-state index contributed by atoms with van der Waals surface area (Å²) in [6.45, 7) is 0. The molecule has 3 rings (SSSR count). The van der Waals surface area contributed by atoms with Crippen molar-refractivity contribution < 1.29 is 14.6 Å². The Labute approximate surface area is 142 Å². The number of benzene rings is 2.